The molecule has 1 aromatic rings. The molecule has 0 saturated heterocycles. The van der Waals surface area contributed by atoms with E-state index in [9.17, 15) is 0 Å². The Kier molecular flexibility index (Phi) is 5.83. The summed E-state index contributed by atoms with van der Waals surface area (Å²) >= 11 is 0. The van der Waals surface area contributed by atoms with Crippen LogP contribution in [0.25, 0.3) is 0 Å². The minimum absolute atomic E-state index is 0.166. The fourth-order valence-electron chi connectivity index (χ4n) is 2.15. The van der Waals surface area contributed by atoms with Crippen molar-refractivity contribution in [2.45, 2.75) is 39.5 Å². The second-order valence-corrected chi connectivity index (χ2v) is 5.89. The summed E-state index contributed by atoms with van der Waals surface area (Å²) in [7, 11) is 0. The molecule has 2 heteroatoms. The third-order valence-electron chi connectivity index (χ3n) is 3.71. The largest absolute Gasteiger partial charge is 0.330 e. The number of hydrogen-bond acceptors (Lipinski definition) is 2. The normalized spacial score (nSPS) is 13.6. The van der Waals surface area contributed by atoms with Gasteiger partial charge in [-0.05, 0) is 31.5 Å². The maximum Gasteiger partial charge on any atom is 0.00433 e. The van der Waals surface area contributed by atoms with E-state index in [1.165, 1.54) is 11.1 Å². The van der Waals surface area contributed by atoms with E-state index in [4.69, 9.17) is 5.73 Å². The Morgan fingerprint density at radius 3 is 2.61 bits per heavy atom. The van der Waals surface area contributed by atoms with Gasteiger partial charge in [0.1, 0.15) is 0 Å². The molecule has 2 nitrogen and oxygen atoms in total. The van der Waals surface area contributed by atoms with Crippen LogP contribution in [0.5, 0.6) is 0 Å². The molecule has 0 aromatic heterocycles. The van der Waals surface area contributed by atoms with Crippen molar-refractivity contribution in [3.05, 3.63) is 35.4 Å². The minimum Gasteiger partial charge on any atom is -0.330 e. The van der Waals surface area contributed by atoms with E-state index in [1.54, 1.807) is 0 Å². The lowest BCUT2D eigenvalue weighted by atomic mass is 9.84. The molecule has 102 valence electrons. The molecule has 0 spiro atoms. The van der Waals surface area contributed by atoms with E-state index >= 15 is 0 Å². The van der Waals surface area contributed by atoms with Crippen molar-refractivity contribution < 1.29 is 0 Å². The molecule has 0 aliphatic heterocycles. The lowest BCUT2D eigenvalue weighted by Gasteiger charge is -2.27. The number of benzene rings is 1. The zero-order valence-electron chi connectivity index (χ0n) is 12.3. The zero-order valence-corrected chi connectivity index (χ0v) is 12.3. The summed E-state index contributed by atoms with van der Waals surface area (Å²) in [5.74, 6) is 0.596. The third-order valence-corrected chi connectivity index (χ3v) is 3.71. The molecule has 1 rings (SSSR count). The Labute approximate surface area is 112 Å². The second-order valence-electron chi connectivity index (χ2n) is 5.89. The molecule has 1 unspecified atom stereocenters. The number of aryl methyl sites for hydroxylation is 1. The number of nitrogens with two attached hydrogens (primary N) is 1. The number of hydrogen-bond donors (Lipinski definition) is 2. The Balaban J connectivity index is 2.54. The Hall–Kier alpha value is -0.860. The van der Waals surface area contributed by atoms with E-state index in [-0.39, 0.29) is 5.41 Å². The first kappa shape index (κ1) is 15.2. The Bertz CT molecular complexity index is 354. The minimum atomic E-state index is 0.166. The van der Waals surface area contributed by atoms with Crippen LogP contribution in [-0.4, -0.2) is 19.6 Å². The lowest BCUT2D eigenvalue weighted by Crippen LogP contribution is -2.37. The standard InChI is InChI=1S/C16H28N2/c1-5-14(10-17)11-18-12-16(3,4)15-8-6-7-13(2)9-15/h6-9,14,18H,5,10-12,17H2,1-4H3. The van der Waals surface area contributed by atoms with E-state index in [1.807, 2.05) is 0 Å². The zero-order chi connectivity index (χ0) is 13.6. The summed E-state index contributed by atoms with van der Waals surface area (Å²) in [6.45, 7) is 11.7. The van der Waals surface area contributed by atoms with E-state index in [0.717, 1.165) is 26.1 Å². The van der Waals surface area contributed by atoms with Gasteiger partial charge < -0.3 is 11.1 Å². The quantitative estimate of drug-likeness (QED) is 0.778. The average Bonchev–Trinajstić information content (AvgIpc) is 2.34. The number of nitrogens with one attached hydrogen (secondary N) is 1. The van der Waals surface area contributed by atoms with Crippen LogP contribution in [0.1, 0.15) is 38.3 Å². The van der Waals surface area contributed by atoms with Gasteiger partial charge in [-0.1, -0.05) is 57.0 Å². The van der Waals surface area contributed by atoms with Crippen LogP contribution in [-0.2, 0) is 5.41 Å². The van der Waals surface area contributed by atoms with Crippen molar-refractivity contribution in [3.8, 4) is 0 Å². The van der Waals surface area contributed by atoms with E-state index < -0.39 is 0 Å². The predicted molar refractivity (Wildman–Crippen MR) is 79.9 cm³/mol. The van der Waals surface area contributed by atoms with Gasteiger partial charge in [-0.25, -0.2) is 0 Å². The molecule has 0 bridgehead atoms. The maximum atomic E-state index is 5.72. The monoisotopic (exact) mass is 248 g/mol. The summed E-state index contributed by atoms with van der Waals surface area (Å²) in [4.78, 5) is 0. The highest BCUT2D eigenvalue weighted by Crippen LogP contribution is 2.23. The van der Waals surface area contributed by atoms with Gasteiger partial charge in [0.2, 0.25) is 0 Å². The fraction of sp³-hybridized carbons (Fsp3) is 0.625. The lowest BCUT2D eigenvalue weighted by molar-refractivity contribution is 0.414. The van der Waals surface area contributed by atoms with Crippen LogP contribution in [0.2, 0.25) is 0 Å². The van der Waals surface area contributed by atoms with Crippen LogP contribution < -0.4 is 11.1 Å². The van der Waals surface area contributed by atoms with Gasteiger partial charge in [-0.3, -0.25) is 0 Å². The molecule has 0 saturated carbocycles. The van der Waals surface area contributed by atoms with Crippen molar-refractivity contribution in [1.29, 1.82) is 0 Å². The highest BCUT2D eigenvalue weighted by Gasteiger charge is 2.20. The van der Waals surface area contributed by atoms with Gasteiger partial charge in [0.15, 0.2) is 0 Å². The van der Waals surface area contributed by atoms with Gasteiger partial charge in [0, 0.05) is 12.0 Å². The first-order valence-electron chi connectivity index (χ1n) is 6.97. The van der Waals surface area contributed by atoms with Crippen LogP contribution in [0, 0.1) is 12.8 Å². The summed E-state index contributed by atoms with van der Waals surface area (Å²) in [6, 6.07) is 8.78. The van der Waals surface area contributed by atoms with Crippen molar-refractivity contribution in [2.75, 3.05) is 19.6 Å². The molecule has 0 heterocycles. The average molecular weight is 248 g/mol. The summed E-state index contributed by atoms with van der Waals surface area (Å²) < 4.78 is 0. The molecule has 18 heavy (non-hydrogen) atoms. The van der Waals surface area contributed by atoms with E-state index in [0.29, 0.717) is 5.92 Å². The van der Waals surface area contributed by atoms with Gasteiger partial charge in [-0.15, -0.1) is 0 Å². The smallest absolute Gasteiger partial charge is 0.00433 e. The molecule has 0 aliphatic rings. The van der Waals surface area contributed by atoms with Gasteiger partial charge in [0.05, 0.1) is 0 Å². The maximum absolute atomic E-state index is 5.72. The van der Waals surface area contributed by atoms with Gasteiger partial charge in [0.25, 0.3) is 0 Å². The molecule has 0 fully saturated rings. The van der Waals surface area contributed by atoms with Crippen molar-refractivity contribution in [3.63, 3.8) is 0 Å². The highest BCUT2D eigenvalue weighted by molar-refractivity contribution is 5.28. The predicted octanol–water partition coefficient (Wildman–Crippen LogP) is 2.85. The topological polar surface area (TPSA) is 38.0 Å². The summed E-state index contributed by atoms with van der Waals surface area (Å²) in [5, 5.41) is 3.57. The van der Waals surface area contributed by atoms with Crippen LogP contribution in [0.4, 0.5) is 0 Å². The van der Waals surface area contributed by atoms with Crippen molar-refractivity contribution in [2.24, 2.45) is 11.7 Å². The summed E-state index contributed by atoms with van der Waals surface area (Å²) in [6.07, 6.45) is 1.15. The molecule has 3 N–H and O–H groups in total. The molecular formula is C16H28N2. The van der Waals surface area contributed by atoms with E-state index in [2.05, 4.69) is 57.3 Å². The van der Waals surface area contributed by atoms with Gasteiger partial charge in [-0.2, -0.15) is 0 Å². The first-order valence-corrected chi connectivity index (χ1v) is 6.97. The van der Waals surface area contributed by atoms with Crippen LogP contribution in [0.15, 0.2) is 24.3 Å². The fourth-order valence-corrected chi connectivity index (χ4v) is 2.15. The molecular weight excluding hydrogens is 220 g/mol. The molecule has 1 atom stereocenters. The van der Waals surface area contributed by atoms with Crippen LogP contribution >= 0.6 is 0 Å². The molecule has 0 amide bonds. The number of rotatable bonds is 7. The van der Waals surface area contributed by atoms with Crippen molar-refractivity contribution >= 4 is 0 Å². The molecule has 1 aromatic carbocycles. The molecule has 0 radical (unpaired) electrons. The highest BCUT2D eigenvalue weighted by atomic mass is 14.9. The molecule has 0 aliphatic carbocycles. The van der Waals surface area contributed by atoms with Crippen molar-refractivity contribution in [1.82, 2.24) is 5.32 Å². The Morgan fingerprint density at radius 2 is 2.06 bits per heavy atom. The third kappa shape index (κ3) is 4.43. The SMILES string of the molecule is CCC(CN)CNCC(C)(C)c1cccc(C)c1. The first-order chi connectivity index (χ1) is 8.49. The van der Waals surface area contributed by atoms with Crippen LogP contribution in [0.3, 0.4) is 0 Å². The second kappa shape index (κ2) is 6.91. The summed E-state index contributed by atoms with van der Waals surface area (Å²) in [5.41, 5.74) is 8.62. The van der Waals surface area contributed by atoms with Gasteiger partial charge >= 0.3 is 0 Å². The Morgan fingerprint density at radius 1 is 1.33 bits per heavy atom.